The van der Waals surface area contributed by atoms with E-state index in [2.05, 4.69) is 53.5 Å². The van der Waals surface area contributed by atoms with E-state index in [1.807, 2.05) is 0 Å². The molecule has 6 heteroatoms. The minimum absolute atomic E-state index is 0.576. The van der Waals surface area contributed by atoms with Gasteiger partial charge in [0.05, 0.1) is 6.26 Å². The molecule has 0 spiro atoms. The summed E-state index contributed by atoms with van der Waals surface area (Å²) in [6, 6.07) is 8.50. The molecule has 2 N–H and O–H groups in total. The first-order valence-corrected chi connectivity index (χ1v) is 8.68. The van der Waals surface area contributed by atoms with Crippen molar-refractivity contribution >= 4 is 10.0 Å². The lowest BCUT2D eigenvalue weighted by atomic mass is 10.1. The monoisotopic (exact) mass is 299 g/mol. The van der Waals surface area contributed by atoms with Crippen LogP contribution >= 0.6 is 0 Å². The van der Waals surface area contributed by atoms with Gasteiger partial charge in [-0.1, -0.05) is 24.3 Å². The average Bonchev–Trinajstić information content (AvgIpc) is 2.35. The van der Waals surface area contributed by atoms with Crippen molar-refractivity contribution in [1.82, 2.24) is 15.2 Å². The third kappa shape index (κ3) is 8.27. The van der Waals surface area contributed by atoms with E-state index in [0.29, 0.717) is 6.54 Å². The predicted octanol–water partition coefficient (Wildman–Crippen LogP) is 0.777. The maximum atomic E-state index is 10.9. The fourth-order valence-corrected chi connectivity index (χ4v) is 2.23. The Kier molecular flexibility index (Phi) is 7.15. The summed E-state index contributed by atoms with van der Waals surface area (Å²) in [4.78, 5) is 4.45. The van der Waals surface area contributed by atoms with Crippen LogP contribution in [-0.2, 0) is 22.9 Å². The topological polar surface area (TPSA) is 61.4 Å². The minimum atomic E-state index is -3.17. The molecule has 0 atom stereocenters. The van der Waals surface area contributed by atoms with Gasteiger partial charge in [-0.2, -0.15) is 4.83 Å². The second-order valence-corrected chi connectivity index (χ2v) is 7.02. The van der Waals surface area contributed by atoms with E-state index in [-0.39, 0.29) is 0 Å². The van der Waals surface area contributed by atoms with Crippen LogP contribution in [0.3, 0.4) is 0 Å². The SMILES string of the molecule is CN(C)CCCc1ccc(CCNNS(C)(=O)=O)cc1. The summed E-state index contributed by atoms with van der Waals surface area (Å²) in [5.74, 6) is 0. The Bertz CT molecular complexity index is 484. The van der Waals surface area contributed by atoms with Crippen LogP contribution in [0.2, 0.25) is 0 Å². The number of hydrazine groups is 1. The standard InChI is InChI=1S/C14H25N3O2S/c1-17(2)12-4-5-13-6-8-14(9-7-13)10-11-15-16-20(3,18)19/h6-9,15-16H,4-5,10-12H2,1-3H3. The lowest BCUT2D eigenvalue weighted by molar-refractivity contribution is 0.400. The van der Waals surface area contributed by atoms with E-state index < -0.39 is 10.0 Å². The van der Waals surface area contributed by atoms with Gasteiger partial charge in [-0.05, 0) is 51.0 Å². The van der Waals surface area contributed by atoms with Crippen molar-refractivity contribution in [3.63, 3.8) is 0 Å². The highest BCUT2D eigenvalue weighted by molar-refractivity contribution is 7.88. The average molecular weight is 299 g/mol. The molecule has 1 aromatic rings. The van der Waals surface area contributed by atoms with Crippen LogP contribution in [0.1, 0.15) is 17.5 Å². The molecule has 20 heavy (non-hydrogen) atoms. The van der Waals surface area contributed by atoms with E-state index in [1.54, 1.807) is 0 Å². The van der Waals surface area contributed by atoms with Crippen LogP contribution in [0.15, 0.2) is 24.3 Å². The molecule has 0 fully saturated rings. The molecule has 0 saturated carbocycles. The first kappa shape index (κ1) is 17.1. The van der Waals surface area contributed by atoms with Crippen molar-refractivity contribution in [2.75, 3.05) is 33.4 Å². The van der Waals surface area contributed by atoms with E-state index >= 15 is 0 Å². The zero-order chi connectivity index (χ0) is 15.0. The van der Waals surface area contributed by atoms with Crippen molar-refractivity contribution in [1.29, 1.82) is 0 Å². The number of hydrogen-bond donors (Lipinski definition) is 2. The van der Waals surface area contributed by atoms with Crippen LogP contribution < -0.4 is 10.3 Å². The smallest absolute Gasteiger partial charge is 0.221 e. The molecule has 0 heterocycles. The quantitative estimate of drug-likeness (QED) is 0.522. The molecule has 0 aliphatic heterocycles. The summed E-state index contributed by atoms with van der Waals surface area (Å²) in [6.45, 7) is 1.68. The van der Waals surface area contributed by atoms with Gasteiger partial charge >= 0.3 is 0 Å². The van der Waals surface area contributed by atoms with Crippen molar-refractivity contribution in [3.05, 3.63) is 35.4 Å². The second-order valence-electron chi connectivity index (χ2n) is 5.27. The van der Waals surface area contributed by atoms with Gasteiger partial charge in [0.1, 0.15) is 0 Å². The van der Waals surface area contributed by atoms with Crippen LogP contribution in [0.5, 0.6) is 0 Å². The molecule has 0 aromatic heterocycles. The molecule has 0 aliphatic rings. The third-order valence-electron chi connectivity index (χ3n) is 2.89. The Labute approximate surface area is 122 Å². The fourth-order valence-electron chi connectivity index (χ4n) is 1.86. The first-order valence-electron chi connectivity index (χ1n) is 6.79. The number of sulfonamides is 1. The Morgan fingerprint density at radius 2 is 1.60 bits per heavy atom. The van der Waals surface area contributed by atoms with E-state index in [4.69, 9.17) is 0 Å². The predicted molar refractivity (Wildman–Crippen MR) is 83.0 cm³/mol. The maximum absolute atomic E-state index is 10.9. The Balaban J connectivity index is 2.28. The molecular weight excluding hydrogens is 274 g/mol. The summed E-state index contributed by atoms with van der Waals surface area (Å²) >= 11 is 0. The molecule has 5 nitrogen and oxygen atoms in total. The van der Waals surface area contributed by atoms with Crippen LogP contribution in [-0.4, -0.2) is 46.8 Å². The van der Waals surface area contributed by atoms with Crippen molar-refractivity contribution in [2.24, 2.45) is 0 Å². The van der Waals surface area contributed by atoms with Gasteiger partial charge in [0.25, 0.3) is 0 Å². The minimum Gasteiger partial charge on any atom is -0.309 e. The van der Waals surface area contributed by atoms with Crippen molar-refractivity contribution < 1.29 is 8.42 Å². The number of hydrogen-bond acceptors (Lipinski definition) is 4. The van der Waals surface area contributed by atoms with Gasteiger partial charge in [-0.25, -0.2) is 13.8 Å². The highest BCUT2D eigenvalue weighted by Crippen LogP contribution is 2.07. The molecule has 0 saturated heterocycles. The van der Waals surface area contributed by atoms with E-state index in [9.17, 15) is 8.42 Å². The Hall–Kier alpha value is -0.950. The van der Waals surface area contributed by atoms with Crippen molar-refractivity contribution in [3.8, 4) is 0 Å². The first-order chi connectivity index (χ1) is 9.37. The third-order valence-corrected chi connectivity index (χ3v) is 3.41. The fraction of sp³-hybridized carbons (Fsp3) is 0.571. The molecule has 0 radical (unpaired) electrons. The number of nitrogens with zero attached hydrogens (tertiary/aromatic N) is 1. The summed E-state index contributed by atoms with van der Waals surface area (Å²) < 4.78 is 21.7. The van der Waals surface area contributed by atoms with Gasteiger partial charge in [0.2, 0.25) is 10.0 Å². The maximum Gasteiger partial charge on any atom is 0.221 e. The summed E-state index contributed by atoms with van der Waals surface area (Å²) in [5, 5.41) is 0. The van der Waals surface area contributed by atoms with Crippen LogP contribution in [0, 0.1) is 0 Å². The largest absolute Gasteiger partial charge is 0.309 e. The normalized spacial score (nSPS) is 12.0. The van der Waals surface area contributed by atoms with Crippen molar-refractivity contribution in [2.45, 2.75) is 19.3 Å². The zero-order valence-corrected chi connectivity index (χ0v) is 13.3. The van der Waals surface area contributed by atoms with Crippen LogP contribution in [0.4, 0.5) is 0 Å². The van der Waals surface area contributed by atoms with Gasteiger partial charge in [-0.15, -0.1) is 0 Å². The zero-order valence-electron chi connectivity index (χ0n) is 12.5. The summed E-state index contributed by atoms with van der Waals surface area (Å²) in [5.41, 5.74) is 5.24. The molecule has 114 valence electrons. The Morgan fingerprint density at radius 1 is 1.05 bits per heavy atom. The molecule has 1 rings (SSSR count). The van der Waals surface area contributed by atoms with Crippen LogP contribution in [0.25, 0.3) is 0 Å². The lowest BCUT2D eigenvalue weighted by Crippen LogP contribution is -2.37. The molecule has 0 bridgehead atoms. The van der Waals surface area contributed by atoms with E-state index in [1.165, 1.54) is 11.1 Å². The molecule has 1 aromatic carbocycles. The number of rotatable bonds is 9. The van der Waals surface area contributed by atoms with Gasteiger partial charge in [-0.3, -0.25) is 0 Å². The summed E-state index contributed by atoms with van der Waals surface area (Å²) in [7, 11) is 1.00. The number of nitrogens with one attached hydrogen (secondary N) is 2. The lowest BCUT2D eigenvalue weighted by Gasteiger charge is -2.09. The molecule has 0 amide bonds. The highest BCUT2D eigenvalue weighted by Gasteiger charge is 1.99. The van der Waals surface area contributed by atoms with Gasteiger partial charge < -0.3 is 4.90 Å². The molecular formula is C14H25N3O2S. The summed E-state index contributed by atoms with van der Waals surface area (Å²) in [6.07, 6.45) is 4.17. The van der Waals surface area contributed by atoms with E-state index in [0.717, 1.165) is 32.1 Å². The number of benzene rings is 1. The molecule has 0 aliphatic carbocycles. The number of aryl methyl sites for hydroxylation is 1. The van der Waals surface area contributed by atoms with Gasteiger partial charge in [0, 0.05) is 6.54 Å². The second kappa shape index (κ2) is 8.36. The van der Waals surface area contributed by atoms with Gasteiger partial charge in [0.15, 0.2) is 0 Å². The molecule has 0 unspecified atom stereocenters. The highest BCUT2D eigenvalue weighted by atomic mass is 32.2. The Morgan fingerprint density at radius 3 is 2.10 bits per heavy atom.